The van der Waals surface area contributed by atoms with Crippen molar-refractivity contribution < 1.29 is 0 Å². The number of imidazole rings is 1. The van der Waals surface area contributed by atoms with Crippen molar-refractivity contribution in [2.24, 2.45) is 5.73 Å². The van der Waals surface area contributed by atoms with Crippen LogP contribution in [0.1, 0.15) is 50.8 Å². The number of aryl methyl sites for hydroxylation is 1. The Morgan fingerprint density at radius 3 is 2.75 bits per heavy atom. The van der Waals surface area contributed by atoms with Crippen molar-refractivity contribution in [1.82, 2.24) is 9.55 Å². The highest BCUT2D eigenvalue weighted by Crippen LogP contribution is 2.29. The third kappa shape index (κ3) is 1.77. The van der Waals surface area contributed by atoms with Gasteiger partial charge in [0.15, 0.2) is 0 Å². The zero-order valence-corrected chi connectivity index (χ0v) is 10.7. The van der Waals surface area contributed by atoms with Gasteiger partial charge in [0.05, 0.1) is 5.69 Å². The van der Waals surface area contributed by atoms with Gasteiger partial charge in [0, 0.05) is 30.6 Å². The van der Waals surface area contributed by atoms with Crippen LogP contribution >= 0.6 is 0 Å². The van der Waals surface area contributed by atoms with Crippen molar-refractivity contribution in [1.29, 1.82) is 0 Å². The lowest BCUT2D eigenvalue weighted by atomic mass is 9.86. The van der Waals surface area contributed by atoms with Crippen LogP contribution in [-0.4, -0.2) is 16.1 Å². The zero-order chi connectivity index (χ0) is 11.8. The third-order valence-corrected chi connectivity index (χ3v) is 3.66. The molecule has 2 heterocycles. The molecule has 1 aromatic heterocycles. The summed E-state index contributed by atoms with van der Waals surface area (Å²) in [5, 5.41) is 0. The molecule has 90 valence electrons. The summed E-state index contributed by atoms with van der Waals surface area (Å²) < 4.78 is 2.43. The Morgan fingerprint density at radius 2 is 2.12 bits per heavy atom. The Morgan fingerprint density at radius 1 is 1.38 bits per heavy atom. The summed E-state index contributed by atoms with van der Waals surface area (Å²) in [7, 11) is 0. The third-order valence-electron chi connectivity index (χ3n) is 3.66. The van der Waals surface area contributed by atoms with Crippen LogP contribution in [-0.2, 0) is 24.8 Å². The lowest BCUT2D eigenvalue weighted by Gasteiger charge is -2.24. The number of nitrogens with zero attached hydrogens (tertiary/aromatic N) is 2. The number of aromatic nitrogens is 2. The fraction of sp³-hybridized carbons (Fsp3) is 0.769. The van der Waals surface area contributed by atoms with Gasteiger partial charge in [-0.25, -0.2) is 4.98 Å². The van der Waals surface area contributed by atoms with Gasteiger partial charge >= 0.3 is 0 Å². The van der Waals surface area contributed by atoms with E-state index >= 15 is 0 Å². The molecule has 16 heavy (non-hydrogen) atoms. The first kappa shape index (κ1) is 11.6. The predicted molar refractivity (Wildman–Crippen MR) is 66.6 cm³/mol. The molecule has 0 saturated heterocycles. The molecular formula is C13H23N3. The second kappa shape index (κ2) is 4.21. The predicted octanol–water partition coefficient (Wildman–Crippen LogP) is 2.02. The highest BCUT2D eigenvalue weighted by molar-refractivity contribution is 5.26. The Hall–Kier alpha value is -0.830. The van der Waals surface area contributed by atoms with Gasteiger partial charge < -0.3 is 10.3 Å². The maximum atomic E-state index is 5.87. The van der Waals surface area contributed by atoms with Gasteiger partial charge in [0.25, 0.3) is 0 Å². The molecule has 3 heteroatoms. The first-order valence-electron chi connectivity index (χ1n) is 6.39. The number of fused-ring (bicyclic) bond motifs is 1. The van der Waals surface area contributed by atoms with E-state index in [4.69, 9.17) is 10.7 Å². The van der Waals surface area contributed by atoms with Crippen molar-refractivity contribution >= 4 is 0 Å². The summed E-state index contributed by atoms with van der Waals surface area (Å²) in [4.78, 5) is 4.84. The first-order chi connectivity index (χ1) is 7.60. The van der Waals surface area contributed by atoms with Gasteiger partial charge in [-0.15, -0.1) is 0 Å². The molecule has 1 aromatic rings. The van der Waals surface area contributed by atoms with E-state index in [1.807, 2.05) is 0 Å². The number of hydrogen-bond acceptors (Lipinski definition) is 2. The molecule has 2 N–H and O–H groups in total. The quantitative estimate of drug-likeness (QED) is 0.848. The van der Waals surface area contributed by atoms with Crippen LogP contribution < -0.4 is 5.73 Å². The van der Waals surface area contributed by atoms with Gasteiger partial charge in [-0.05, 0) is 19.3 Å². The number of nitrogens with two attached hydrogens (primary N) is 1. The molecule has 2 rings (SSSR count). The molecule has 0 saturated carbocycles. The topological polar surface area (TPSA) is 43.8 Å². The van der Waals surface area contributed by atoms with Crippen LogP contribution in [0, 0.1) is 0 Å². The van der Waals surface area contributed by atoms with Gasteiger partial charge in [0.1, 0.15) is 5.82 Å². The van der Waals surface area contributed by atoms with Crippen molar-refractivity contribution in [3.8, 4) is 0 Å². The monoisotopic (exact) mass is 221 g/mol. The second-order valence-electron chi connectivity index (χ2n) is 5.37. The summed E-state index contributed by atoms with van der Waals surface area (Å²) in [5.41, 5.74) is 8.57. The van der Waals surface area contributed by atoms with Crippen LogP contribution in [0.3, 0.4) is 0 Å². The average Bonchev–Trinajstić information content (AvgIpc) is 2.68. The summed E-state index contributed by atoms with van der Waals surface area (Å²) in [6.45, 7) is 8.39. The lowest BCUT2D eigenvalue weighted by Crippen LogP contribution is -2.30. The van der Waals surface area contributed by atoms with E-state index in [1.54, 1.807) is 0 Å². The SMILES string of the molecule is CCc1nc(C(C)(C)CN)c2n1CCCC2. The second-order valence-corrected chi connectivity index (χ2v) is 5.37. The number of hydrogen-bond donors (Lipinski definition) is 1. The summed E-state index contributed by atoms with van der Waals surface area (Å²) >= 11 is 0. The fourth-order valence-corrected chi connectivity index (χ4v) is 2.53. The maximum absolute atomic E-state index is 5.87. The molecule has 0 amide bonds. The van der Waals surface area contributed by atoms with Crippen LogP contribution in [0.4, 0.5) is 0 Å². The van der Waals surface area contributed by atoms with Crippen LogP contribution in [0.5, 0.6) is 0 Å². The van der Waals surface area contributed by atoms with E-state index in [-0.39, 0.29) is 5.41 Å². The normalized spacial score (nSPS) is 16.2. The molecule has 0 fully saturated rings. The standard InChI is InChI=1S/C13H23N3/c1-4-11-15-12(13(2,3)9-14)10-7-5-6-8-16(10)11/h4-9,14H2,1-3H3. The molecule has 0 radical (unpaired) electrons. The molecule has 1 aliphatic rings. The zero-order valence-electron chi connectivity index (χ0n) is 10.7. The Balaban J connectivity index is 2.50. The summed E-state index contributed by atoms with van der Waals surface area (Å²) in [6.07, 6.45) is 4.78. The molecular weight excluding hydrogens is 198 g/mol. The van der Waals surface area contributed by atoms with E-state index < -0.39 is 0 Å². The first-order valence-corrected chi connectivity index (χ1v) is 6.39. The van der Waals surface area contributed by atoms with Crippen molar-refractivity contribution in [2.75, 3.05) is 6.54 Å². The van der Waals surface area contributed by atoms with E-state index in [2.05, 4.69) is 25.3 Å². The largest absolute Gasteiger partial charge is 0.332 e. The maximum Gasteiger partial charge on any atom is 0.108 e. The molecule has 3 nitrogen and oxygen atoms in total. The Bertz CT molecular complexity index is 377. The molecule has 0 unspecified atom stereocenters. The van der Waals surface area contributed by atoms with Crippen LogP contribution in [0.2, 0.25) is 0 Å². The molecule has 0 aromatic carbocycles. The minimum absolute atomic E-state index is 0.0157. The fourth-order valence-electron chi connectivity index (χ4n) is 2.53. The van der Waals surface area contributed by atoms with Crippen molar-refractivity contribution in [3.63, 3.8) is 0 Å². The van der Waals surface area contributed by atoms with Gasteiger partial charge in [-0.3, -0.25) is 0 Å². The summed E-state index contributed by atoms with van der Waals surface area (Å²) in [5.74, 6) is 1.24. The highest BCUT2D eigenvalue weighted by Gasteiger charge is 2.29. The smallest absolute Gasteiger partial charge is 0.108 e. The van der Waals surface area contributed by atoms with Crippen LogP contribution in [0.15, 0.2) is 0 Å². The van der Waals surface area contributed by atoms with Gasteiger partial charge in [-0.2, -0.15) is 0 Å². The molecule has 0 aliphatic carbocycles. The van der Waals surface area contributed by atoms with E-state index in [1.165, 1.54) is 36.5 Å². The molecule has 0 spiro atoms. The minimum Gasteiger partial charge on any atom is -0.332 e. The lowest BCUT2D eigenvalue weighted by molar-refractivity contribution is 0.486. The molecule has 1 aliphatic heterocycles. The van der Waals surface area contributed by atoms with E-state index in [9.17, 15) is 0 Å². The highest BCUT2D eigenvalue weighted by atomic mass is 15.1. The molecule has 0 atom stereocenters. The molecule has 0 bridgehead atoms. The van der Waals surface area contributed by atoms with Crippen molar-refractivity contribution in [3.05, 3.63) is 17.2 Å². The van der Waals surface area contributed by atoms with Gasteiger partial charge in [-0.1, -0.05) is 20.8 Å². The van der Waals surface area contributed by atoms with Crippen LogP contribution in [0.25, 0.3) is 0 Å². The Labute approximate surface area is 98.1 Å². The summed E-state index contributed by atoms with van der Waals surface area (Å²) in [6, 6.07) is 0. The minimum atomic E-state index is 0.0157. The number of rotatable bonds is 3. The van der Waals surface area contributed by atoms with E-state index in [0.717, 1.165) is 13.0 Å². The average molecular weight is 221 g/mol. The van der Waals surface area contributed by atoms with Gasteiger partial charge in [0.2, 0.25) is 0 Å². The Kier molecular flexibility index (Phi) is 3.06. The van der Waals surface area contributed by atoms with Crippen molar-refractivity contribution in [2.45, 2.75) is 58.4 Å². The van der Waals surface area contributed by atoms with E-state index in [0.29, 0.717) is 6.54 Å².